The van der Waals surface area contributed by atoms with Crippen LogP contribution < -0.4 is 0 Å². The molecule has 7 heteroatoms. The molecule has 0 aromatic carbocycles. The van der Waals surface area contributed by atoms with Gasteiger partial charge in [-0.05, 0) is 27.7 Å². The Hall–Kier alpha value is -1.79. The maximum absolute atomic E-state index is 11.9. The third kappa shape index (κ3) is 6.01. The summed E-state index contributed by atoms with van der Waals surface area (Å²) in [5.41, 5.74) is -0.534. The monoisotopic (exact) mass is 300 g/mol. The third-order valence-corrected chi connectivity index (χ3v) is 2.88. The number of hydrogen-bond acceptors (Lipinski definition) is 5. The van der Waals surface area contributed by atoms with E-state index in [1.54, 1.807) is 16.7 Å². The van der Waals surface area contributed by atoms with Crippen LogP contribution in [0.3, 0.4) is 0 Å². The first-order chi connectivity index (χ1) is 9.73. The van der Waals surface area contributed by atoms with Gasteiger partial charge in [-0.3, -0.25) is 9.59 Å². The fourth-order valence-electron chi connectivity index (χ4n) is 1.91. The lowest BCUT2D eigenvalue weighted by Gasteiger charge is -2.35. The van der Waals surface area contributed by atoms with Gasteiger partial charge in [0.1, 0.15) is 12.0 Å². The Labute approximate surface area is 125 Å². The van der Waals surface area contributed by atoms with E-state index >= 15 is 0 Å². The van der Waals surface area contributed by atoms with Gasteiger partial charge in [-0.1, -0.05) is 0 Å². The van der Waals surface area contributed by atoms with Crippen LogP contribution >= 0.6 is 0 Å². The molecule has 0 saturated carbocycles. The molecule has 120 valence electrons. The standard InChI is InChI=1S/C14H24N2O5/c1-5-20-12(18)10-11(17)15-6-8-16(9-7-15)13(19)21-14(2,3)4/h5-10H2,1-4H3. The molecule has 0 radical (unpaired) electrons. The Morgan fingerprint density at radius 1 is 1.00 bits per heavy atom. The van der Waals surface area contributed by atoms with Crippen LogP contribution in [0.2, 0.25) is 0 Å². The van der Waals surface area contributed by atoms with Crippen LogP contribution in [0.5, 0.6) is 0 Å². The van der Waals surface area contributed by atoms with Gasteiger partial charge >= 0.3 is 12.1 Å². The highest BCUT2D eigenvalue weighted by molar-refractivity contribution is 5.94. The van der Waals surface area contributed by atoms with Crippen LogP contribution in [-0.4, -0.2) is 66.2 Å². The van der Waals surface area contributed by atoms with Gasteiger partial charge in [0.15, 0.2) is 0 Å². The van der Waals surface area contributed by atoms with Crippen molar-refractivity contribution in [3.05, 3.63) is 0 Å². The maximum atomic E-state index is 11.9. The lowest BCUT2D eigenvalue weighted by Crippen LogP contribution is -2.51. The second-order valence-corrected chi connectivity index (χ2v) is 5.83. The number of carbonyl (C=O) groups is 3. The van der Waals surface area contributed by atoms with Crippen LogP contribution in [-0.2, 0) is 19.1 Å². The minimum Gasteiger partial charge on any atom is -0.466 e. The number of amides is 2. The van der Waals surface area contributed by atoms with Crippen LogP contribution in [0.15, 0.2) is 0 Å². The van der Waals surface area contributed by atoms with Crippen molar-refractivity contribution in [1.82, 2.24) is 9.80 Å². The Balaban J connectivity index is 2.40. The van der Waals surface area contributed by atoms with E-state index in [9.17, 15) is 14.4 Å². The number of hydrogen-bond donors (Lipinski definition) is 0. The van der Waals surface area contributed by atoms with Gasteiger partial charge in [-0.15, -0.1) is 0 Å². The molecule has 2 amide bonds. The van der Waals surface area contributed by atoms with Gasteiger partial charge in [0.2, 0.25) is 5.91 Å². The quantitative estimate of drug-likeness (QED) is 0.574. The molecule has 0 N–H and O–H groups in total. The number of nitrogens with zero attached hydrogens (tertiary/aromatic N) is 2. The predicted octanol–water partition coefficient (Wildman–Crippen LogP) is 1.02. The summed E-state index contributed by atoms with van der Waals surface area (Å²) in [7, 11) is 0. The highest BCUT2D eigenvalue weighted by atomic mass is 16.6. The van der Waals surface area contributed by atoms with Crippen molar-refractivity contribution < 1.29 is 23.9 Å². The number of carbonyl (C=O) groups excluding carboxylic acids is 3. The van der Waals surface area contributed by atoms with Crippen molar-refractivity contribution in [3.8, 4) is 0 Å². The van der Waals surface area contributed by atoms with E-state index in [1.165, 1.54) is 0 Å². The van der Waals surface area contributed by atoms with E-state index in [1.807, 2.05) is 20.8 Å². The summed E-state index contributed by atoms with van der Waals surface area (Å²) in [6, 6.07) is 0. The van der Waals surface area contributed by atoms with Gasteiger partial charge in [-0.25, -0.2) is 4.79 Å². The molecule has 1 fully saturated rings. The van der Waals surface area contributed by atoms with Crippen LogP contribution in [0.1, 0.15) is 34.1 Å². The molecule has 0 spiro atoms. The summed E-state index contributed by atoms with van der Waals surface area (Å²) < 4.78 is 10.0. The van der Waals surface area contributed by atoms with Crippen molar-refractivity contribution in [2.24, 2.45) is 0 Å². The van der Waals surface area contributed by atoms with Gasteiger partial charge in [0, 0.05) is 26.2 Å². The summed E-state index contributed by atoms with van der Waals surface area (Å²) in [6.45, 7) is 9.00. The molecule has 0 unspecified atom stereocenters. The first-order valence-corrected chi connectivity index (χ1v) is 7.14. The summed E-state index contributed by atoms with van der Waals surface area (Å²) in [5.74, 6) is -0.783. The fourth-order valence-corrected chi connectivity index (χ4v) is 1.91. The minimum atomic E-state index is -0.534. The molecule has 0 atom stereocenters. The van der Waals surface area contributed by atoms with Crippen molar-refractivity contribution in [3.63, 3.8) is 0 Å². The number of ether oxygens (including phenoxy) is 2. The van der Waals surface area contributed by atoms with Crippen molar-refractivity contribution >= 4 is 18.0 Å². The molecule has 0 aromatic heterocycles. The smallest absolute Gasteiger partial charge is 0.410 e. The second-order valence-electron chi connectivity index (χ2n) is 5.83. The Kier molecular flexibility index (Phi) is 5.99. The van der Waals surface area contributed by atoms with E-state index in [2.05, 4.69) is 0 Å². The molecular weight excluding hydrogens is 276 g/mol. The van der Waals surface area contributed by atoms with Crippen LogP contribution in [0, 0.1) is 0 Å². The molecule has 1 saturated heterocycles. The van der Waals surface area contributed by atoms with E-state index in [4.69, 9.17) is 9.47 Å². The number of rotatable bonds is 3. The van der Waals surface area contributed by atoms with E-state index in [0.29, 0.717) is 26.2 Å². The molecule has 1 heterocycles. The van der Waals surface area contributed by atoms with E-state index < -0.39 is 11.6 Å². The predicted molar refractivity (Wildman–Crippen MR) is 75.6 cm³/mol. The topological polar surface area (TPSA) is 76.2 Å². The van der Waals surface area contributed by atoms with Crippen molar-refractivity contribution in [2.75, 3.05) is 32.8 Å². The molecule has 1 aliphatic heterocycles. The summed E-state index contributed by atoms with van der Waals surface area (Å²) in [5, 5.41) is 0. The summed E-state index contributed by atoms with van der Waals surface area (Å²) >= 11 is 0. The normalized spacial score (nSPS) is 15.6. The fraction of sp³-hybridized carbons (Fsp3) is 0.786. The number of piperazine rings is 1. The van der Waals surface area contributed by atoms with E-state index in [-0.39, 0.29) is 25.0 Å². The molecule has 7 nitrogen and oxygen atoms in total. The highest BCUT2D eigenvalue weighted by Gasteiger charge is 2.28. The maximum Gasteiger partial charge on any atom is 0.410 e. The second kappa shape index (κ2) is 7.28. The average molecular weight is 300 g/mol. The van der Waals surface area contributed by atoms with E-state index in [0.717, 1.165) is 0 Å². The Morgan fingerprint density at radius 2 is 1.52 bits per heavy atom. The van der Waals surface area contributed by atoms with Crippen molar-refractivity contribution in [1.29, 1.82) is 0 Å². The lowest BCUT2D eigenvalue weighted by atomic mass is 10.2. The SMILES string of the molecule is CCOC(=O)CC(=O)N1CCN(C(=O)OC(C)(C)C)CC1. The first kappa shape index (κ1) is 17.3. The van der Waals surface area contributed by atoms with Gasteiger partial charge in [0.05, 0.1) is 6.61 Å². The molecular formula is C14H24N2O5. The summed E-state index contributed by atoms with van der Waals surface area (Å²) in [6.07, 6.45) is -0.625. The molecule has 21 heavy (non-hydrogen) atoms. The molecule has 0 aromatic rings. The van der Waals surface area contributed by atoms with Gasteiger partial charge < -0.3 is 19.3 Å². The zero-order chi connectivity index (χ0) is 16.0. The van der Waals surface area contributed by atoms with Gasteiger partial charge in [0.25, 0.3) is 0 Å². The third-order valence-electron chi connectivity index (χ3n) is 2.88. The molecule has 0 bridgehead atoms. The largest absolute Gasteiger partial charge is 0.466 e. The molecule has 1 aliphatic rings. The van der Waals surface area contributed by atoms with Gasteiger partial charge in [-0.2, -0.15) is 0 Å². The Morgan fingerprint density at radius 3 is 2.00 bits per heavy atom. The molecule has 1 rings (SSSR count). The van der Waals surface area contributed by atoms with Crippen molar-refractivity contribution in [2.45, 2.75) is 39.7 Å². The zero-order valence-corrected chi connectivity index (χ0v) is 13.2. The summed E-state index contributed by atoms with van der Waals surface area (Å²) in [4.78, 5) is 38.2. The first-order valence-electron chi connectivity index (χ1n) is 7.14. The Bertz CT molecular complexity index is 395. The lowest BCUT2D eigenvalue weighted by molar-refractivity contribution is -0.149. The highest BCUT2D eigenvalue weighted by Crippen LogP contribution is 2.12. The number of esters is 1. The average Bonchev–Trinajstić information content (AvgIpc) is 2.37. The zero-order valence-electron chi connectivity index (χ0n) is 13.2. The van der Waals surface area contributed by atoms with Crippen LogP contribution in [0.4, 0.5) is 4.79 Å². The molecule has 0 aliphatic carbocycles. The minimum absolute atomic E-state index is 0.250. The van der Waals surface area contributed by atoms with Crippen LogP contribution in [0.25, 0.3) is 0 Å².